The van der Waals surface area contributed by atoms with Gasteiger partial charge in [0.1, 0.15) is 23.2 Å². The van der Waals surface area contributed by atoms with Gasteiger partial charge >= 0.3 is 0 Å². The Morgan fingerprint density at radius 3 is 2.56 bits per heavy atom. The number of fused-ring (bicyclic) bond motifs is 1. The number of likely N-dealkylation sites (N-methyl/N-ethyl adjacent to an activating group) is 1. The van der Waals surface area contributed by atoms with Crippen molar-refractivity contribution in [2.75, 3.05) is 19.4 Å². The van der Waals surface area contributed by atoms with E-state index in [0.29, 0.717) is 23.7 Å². The molecular formula is C18H29NO5S. The van der Waals surface area contributed by atoms with Gasteiger partial charge in [0.05, 0.1) is 18.9 Å². The Bertz CT molecular complexity index is 701. The van der Waals surface area contributed by atoms with Crippen LogP contribution in [-0.2, 0) is 10.0 Å². The van der Waals surface area contributed by atoms with Crippen molar-refractivity contribution in [3.63, 3.8) is 0 Å². The molecule has 0 fully saturated rings. The van der Waals surface area contributed by atoms with E-state index in [1.54, 1.807) is 32.9 Å². The number of aliphatic hydroxyl groups excluding tert-OH is 1. The topological polar surface area (TPSA) is 76.1 Å². The van der Waals surface area contributed by atoms with Gasteiger partial charge in [-0.25, -0.2) is 8.42 Å². The van der Waals surface area contributed by atoms with Crippen molar-refractivity contribution in [2.45, 2.75) is 58.3 Å². The molecule has 0 saturated carbocycles. The van der Waals surface area contributed by atoms with Crippen LogP contribution in [0.3, 0.4) is 0 Å². The summed E-state index contributed by atoms with van der Waals surface area (Å²) in [6, 6.07) is 4.67. The first-order chi connectivity index (χ1) is 11.6. The summed E-state index contributed by atoms with van der Waals surface area (Å²) in [4.78, 5) is 0. The van der Waals surface area contributed by atoms with Crippen molar-refractivity contribution in [3.05, 3.63) is 23.8 Å². The predicted molar refractivity (Wildman–Crippen MR) is 97.5 cm³/mol. The lowest BCUT2D eigenvalue weighted by Crippen LogP contribution is -2.54. The molecule has 0 spiro atoms. The Morgan fingerprint density at radius 2 is 2.00 bits per heavy atom. The maximum Gasteiger partial charge on any atom is 0.211 e. The molecule has 0 radical (unpaired) electrons. The van der Waals surface area contributed by atoms with Gasteiger partial charge in [-0.05, 0) is 38.5 Å². The van der Waals surface area contributed by atoms with Crippen LogP contribution in [0.15, 0.2) is 18.2 Å². The molecule has 1 aromatic rings. The average molecular weight is 371 g/mol. The fourth-order valence-corrected chi connectivity index (χ4v) is 4.23. The lowest BCUT2D eigenvalue weighted by atomic mass is 9.86. The van der Waals surface area contributed by atoms with Crippen molar-refractivity contribution >= 4 is 10.0 Å². The van der Waals surface area contributed by atoms with Crippen molar-refractivity contribution in [3.8, 4) is 11.5 Å². The number of benzene rings is 1. The van der Waals surface area contributed by atoms with Gasteiger partial charge in [0.2, 0.25) is 10.0 Å². The summed E-state index contributed by atoms with van der Waals surface area (Å²) in [6.45, 7) is 8.22. The Kier molecular flexibility index (Phi) is 6.01. The van der Waals surface area contributed by atoms with Crippen molar-refractivity contribution in [1.29, 1.82) is 0 Å². The molecule has 1 N–H and O–H groups in total. The van der Waals surface area contributed by atoms with Crippen LogP contribution in [0.5, 0.6) is 11.5 Å². The molecule has 25 heavy (non-hydrogen) atoms. The third-order valence-corrected chi connectivity index (χ3v) is 5.84. The van der Waals surface area contributed by atoms with Crippen molar-refractivity contribution < 1.29 is 23.0 Å². The van der Waals surface area contributed by atoms with Crippen LogP contribution >= 0.6 is 0 Å². The Hall–Kier alpha value is -1.31. The van der Waals surface area contributed by atoms with Crippen LogP contribution < -0.4 is 9.47 Å². The summed E-state index contributed by atoms with van der Waals surface area (Å²) < 4.78 is 37.5. The molecule has 1 aliphatic heterocycles. The summed E-state index contributed by atoms with van der Waals surface area (Å²) in [5.41, 5.74) is -0.270. The van der Waals surface area contributed by atoms with Crippen molar-refractivity contribution in [2.24, 2.45) is 0 Å². The molecular weight excluding hydrogens is 342 g/mol. The van der Waals surface area contributed by atoms with E-state index < -0.39 is 27.8 Å². The first-order valence-electron chi connectivity index (χ1n) is 8.72. The standard InChI is InChI=1S/C18H29NO5S/c1-6-8-11-23-13-9-10-15-14(12-13)16(17(20)18(3,4)24-15)19(7-2)25(5,21)22/h9-10,12,16-17,20H,6-8,11H2,1-5H3/t16-,17+/m1/s1. The first kappa shape index (κ1) is 20.0. The first-order valence-corrected chi connectivity index (χ1v) is 10.6. The highest BCUT2D eigenvalue weighted by Gasteiger charge is 2.47. The minimum absolute atomic E-state index is 0.261. The summed E-state index contributed by atoms with van der Waals surface area (Å²) in [5, 5.41) is 10.8. The number of nitrogens with zero attached hydrogens (tertiary/aromatic N) is 1. The van der Waals surface area contributed by atoms with Gasteiger partial charge in [-0.15, -0.1) is 0 Å². The second kappa shape index (κ2) is 7.51. The van der Waals surface area contributed by atoms with E-state index in [0.717, 1.165) is 19.1 Å². The summed E-state index contributed by atoms with van der Waals surface area (Å²) in [6.07, 6.45) is 2.13. The van der Waals surface area contributed by atoms with Gasteiger partial charge in [0.25, 0.3) is 0 Å². The highest BCUT2D eigenvalue weighted by atomic mass is 32.2. The number of rotatable bonds is 7. The SMILES string of the molecule is CCCCOc1ccc2c(c1)[C@@H](N(CC)S(C)(=O)=O)[C@H](O)C(C)(C)O2. The second-order valence-corrected chi connectivity index (χ2v) is 8.90. The summed E-state index contributed by atoms with van der Waals surface area (Å²) in [5.74, 6) is 1.22. The maximum atomic E-state index is 12.3. The van der Waals surface area contributed by atoms with Gasteiger partial charge in [0, 0.05) is 12.1 Å². The van der Waals surface area contributed by atoms with Crippen LogP contribution in [0.2, 0.25) is 0 Å². The molecule has 0 aromatic heterocycles. The number of hydrogen-bond acceptors (Lipinski definition) is 5. The zero-order valence-corrected chi connectivity index (χ0v) is 16.5. The minimum atomic E-state index is -3.50. The number of aliphatic hydroxyl groups is 1. The summed E-state index contributed by atoms with van der Waals surface area (Å²) in [7, 11) is -3.50. The van der Waals surface area contributed by atoms with Gasteiger partial charge < -0.3 is 14.6 Å². The zero-order chi connectivity index (χ0) is 18.8. The normalized spacial score (nSPS) is 22.4. The second-order valence-electron chi connectivity index (χ2n) is 6.96. The fourth-order valence-electron chi connectivity index (χ4n) is 3.12. The Labute approximate surface area is 150 Å². The molecule has 0 amide bonds. The average Bonchev–Trinajstić information content (AvgIpc) is 2.51. The van der Waals surface area contributed by atoms with Crippen LogP contribution in [-0.4, -0.2) is 48.9 Å². The van der Waals surface area contributed by atoms with E-state index in [1.165, 1.54) is 4.31 Å². The molecule has 0 saturated heterocycles. The highest BCUT2D eigenvalue weighted by molar-refractivity contribution is 7.88. The maximum absolute atomic E-state index is 12.3. The van der Waals surface area contributed by atoms with E-state index in [4.69, 9.17) is 9.47 Å². The lowest BCUT2D eigenvalue weighted by Gasteiger charge is -2.45. The summed E-state index contributed by atoms with van der Waals surface area (Å²) >= 11 is 0. The molecule has 1 aromatic carbocycles. The van der Waals surface area contributed by atoms with E-state index in [2.05, 4.69) is 6.92 Å². The molecule has 142 valence electrons. The molecule has 6 nitrogen and oxygen atoms in total. The van der Waals surface area contributed by atoms with Gasteiger partial charge in [-0.2, -0.15) is 4.31 Å². The molecule has 1 aliphatic rings. The molecule has 0 aliphatic carbocycles. The van der Waals surface area contributed by atoms with E-state index in [-0.39, 0.29) is 6.54 Å². The smallest absolute Gasteiger partial charge is 0.211 e. The number of hydrogen-bond donors (Lipinski definition) is 1. The zero-order valence-electron chi connectivity index (χ0n) is 15.7. The van der Waals surface area contributed by atoms with Gasteiger partial charge in [-0.1, -0.05) is 20.3 Å². The van der Waals surface area contributed by atoms with Gasteiger partial charge in [-0.3, -0.25) is 0 Å². The third kappa shape index (κ3) is 4.27. The van der Waals surface area contributed by atoms with Crippen LogP contribution in [0.25, 0.3) is 0 Å². The van der Waals surface area contributed by atoms with E-state index >= 15 is 0 Å². The third-order valence-electron chi connectivity index (χ3n) is 4.50. The fraction of sp³-hybridized carbons (Fsp3) is 0.667. The molecule has 2 rings (SSSR count). The number of sulfonamides is 1. The largest absolute Gasteiger partial charge is 0.494 e. The quantitative estimate of drug-likeness (QED) is 0.746. The Balaban J connectivity index is 2.49. The van der Waals surface area contributed by atoms with Gasteiger partial charge in [0.15, 0.2) is 0 Å². The van der Waals surface area contributed by atoms with Crippen LogP contribution in [0.4, 0.5) is 0 Å². The Morgan fingerprint density at radius 1 is 1.32 bits per heavy atom. The molecule has 1 heterocycles. The van der Waals surface area contributed by atoms with E-state index in [1.807, 2.05) is 6.07 Å². The number of ether oxygens (including phenoxy) is 2. The van der Waals surface area contributed by atoms with Crippen LogP contribution in [0.1, 0.15) is 52.1 Å². The van der Waals surface area contributed by atoms with Crippen LogP contribution in [0, 0.1) is 0 Å². The monoisotopic (exact) mass is 371 g/mol. The number of unbranched alkanes of at least 4 members (excludes halogenated alkanes) is 1. The van der Waals surface area contributed by atoms with Crippen molar-refractivity contribution in [1.82, 2.24) is 4.31 Å². The predicted octanol–water partition coefficient (Wildman–Crippen LogP) is 2.72. The molecule has 2 atom stereocenters. The molecule has 7 heteroatoms. The molecule has 0 bridgehead atoms. The van der Waals surface area contributed by atoms with E-state index in [9.17, 15) is 13.5 Å². The lowest BCUT2D eigenvalue weighted by molar-refractivity contribution is -0.0786. The highest BCUT2D eigenvalue weighted by Crippen LogP contribution is 2.44. The minimum Gasteiger partial charge on any atom is -0.494 e. The molecule has 0 unspecified atom stereocenters.